The fourth-order valence-electron chi connectivity index (χ4n) is 1.81. The van der Waals surface area contributed by atoms with E-state index in [9.17, 15) is 0 Å². The quantitative estimate of drug-likeness (QED) is 0.738. The Kier molecular flexibility index (Phi) is 2.50. The summed E-state index contributed by atoms with van der Waals surface area (Å²) in [5.41, 5.74) is 1.34. The maximum atomic E-state index is 5.65. The van der Waals surface area contributed by atoms with E-state index in [1.165, 1.54) is 5.56 Å². The molecule has 1 N–H and O–H groups in total. The summed E-state index contributed by atoms with van der Waals surface area (Å²) in [5.74, 6) is 1.69. The summed E-state index contributed by atoms with van der Waals surface area (Å²) in [6.07, 6.45) is 1.14. The summed E-state index contributed by atoms with van der Waals surface area (Å²) in [5, 5.41) is 3.19. The third-order valence-corrected chi connectivity index (χ3v) is 2.45. The molecule has 1 heterocycles. The van der Waals surface area contributed by atoms with Gasteiger partial charge in [0.25, 0.3) is 0 Å². The van der Waals surface area contributed by atoms with Gasteiger partial charge in [0.1, 0.15) is 5.75 Å². The number of fused-ring (bicyclic) bond motifs is 1. The van der Waals surface area contributed by atoms with Gasteiger partial charge in [0.05, 0.1) is 6.61 Å². The van der Waals surface area contributed by atoms with Gasteiger partial charge in [-0.1, -0.05) is 18.2 Å². The molecule has 70 valence electrons. The fourth-order valence-corrected chi connectivity index (χ4v) is 1.81. The second-order valence-corrected chi connectivity index (χ2v) is 3.55. The van der Waals surface area contributed by atoms with E-state index in [-0.39, 0.29) is 0 Å². The highest BCUT2D eigenvalue weighted by Crippen LogP contribution is 2.26. The SMILES string of the molecule is CNC[C@@H]1COc2ccccc2C1. The van der Waals surface area contributed by atoms with Gasteiger partial charge in [-0.2, -0.15) is 0 Å². The minimum Gasteiger partial charge on any atom is -0.493 e. The molecule has 0 spiro atoms. The molecule has 1 aliphatic rings. The highest BCUT2D eigenvalue weighted by molar-refractivity contribution is 5.35. The molecule has 0 radical (unpaired) electrons. The third-order valence-electron chi connectivity index (χ3n) is 2.45. The Morgan fingerprint density at radius 3 is 3.15 bits per heavy atom. The lowest BCUT2D eigenvalue weighted by molar-refractivity contribution is 0.220. The van der Waals surface area contributed by atoms with Gasteiger partial charge in [0.15, 0.2) is 0 Å². The van der Waals surface area contributed by atoms with Gasteiger partial charge in [0, 0.05) is 12.5 Å². The van der Waals surface area contributed by atoms with Crippen molar-refractivity contribution in [3.05, 3.63) is 29.8 Å². The van der Waals surface area contributed by atoms with Crippen LogP contribution < -0.4 is 10.1 Å². The summed E-state index contributed by atoms with van der Waals surface area (Å²) in [4.78, 5) is 0. The molecule has 0 fully saturated rings. The van der Waals surface area contributed by atoms with Gasteiger partial charge in [-0.05, 0) is 25.1 Å². The average molecular weight is 177 g/mol. The largest absolute Gasteiger partial charge is 0.493 e. The Labute approximate surface area is 78.9 Å². The number of hydrogen-bond donors (Lipinski definition) is 1. The van der Waals surface area contributed by atoms with Crippen molar-refractivity contribution in [2.45, 2.75) is 6.42 Å². The zero-order valence-corrected chi connectivity index (χ0v) is 7.92. The second-order valence-electron chi connectivity index (χ2n) is 3.55. The van der Waals surface area contributed by atoms with Gasteiger partial charge in [-0.15, -0.1) is 0 Å². The van der Waals surface area contributed by atoms with Crippen molar-refractivity contribution in [2.24, 2.45) is 5.92 Å². The fraction of sp³-hybridized carbons (Fsp3) is 0.455. The molecule has 0 aliphatic carbocycles. The first-order valence-corrected chi connectivity index (χ1v) is 4.75. The smallest absolute Gasteiger partial charge is 0.122 e. The zero-order valence-electron chi connectivity index (χ0n) is 7.92. The maximum Gasteiger partial charge on any atom is 0.122 e. The Morgan fingerprint density at radius 1 is 1.46 bits per heavy atom. The lowest BCUT2D eigenvalue weighted by Gasteiger charge is -2.24. The van der Waals surface area contributed by atoms with Gasteiger partial charge < -0.3 is 10.1 Å². The molecule has 2 nitrogen and oxygen atoms in total. The van der Waals surface area contributed by atoms with Crippen LogP contribution in [0.15, 0.2) is 24.3 Å². The standard InChI is InChI=1S/C11H15NO/c1-12-7-9-6-10-4-2-3-5-11(10)13-8-9/h2-5,9,12H,6-8H2,1H3/t9-/m1/s1. The van der Waals surface area contributed by atoms with Crippen LogP contribution in [0, 0.1) is 5.92 Å². The Morgan fingerprint density at radius 2 is 2.31 bits per heavy atom. The first-order chi connectivity index (χ1) is 6.40. The summed E-state index contributed by atoms with van der Waals surface area (Å²) >= 11 is 0. The lowest BCUT2D eigenvalue weighted by atomic mass is 9.97. The average Bonchev–Trinajstić information content (AvgIpc) is 2.18. The molecule has 1 aliphatic heterocycles. The molecule has 2 heteroatoms. The number of rotatable bonds is 2. The molecule has 2 rings (SSSR count). The third kappa shape index (κ3) is 1.83. The molecule has 1 aromatic carbocycles. The van der Waals surface area contributed by atoms with Crippen LogP contribution in [0.4, 0.5) is 0 Å². The van der Waals surface area contributed by atoms with Crippen LogP contribution in [0.5, 0.6) is 5.75 Å². The first-order valence-electron chi connectivity index (χ1n) is 4.75. The molecule has 0 saturated heterocycles. The van der Waals surface area contributed by atoms with Crippen molar-refractivity contribution in [3.8, 4) is 5.75 Å². The maximum absolute atomic E-state index is 5.65. The minimum atomic E-state index is 0.625. The number of benzene rings is 1. The van der Waals surface area contributed by atoms with Crippen molar-refractivity contribution >= 4 is 0 Å². The monoisotopic (exact) mass is 177 g/mol. The zero-order chi connectivity index (χ0) is 9.10. The van der Waals surface area contributed by atoms with Crippen molar-refractivity contribution in [2.75, 3.05) is 20.2 Å². The molecule has 1 atom stereocenters. The molecule has 0 unspecified atom stereocenters. The normalized spacial score (nSPS) is 20.5. The van der Waals surface area contributed by atoms with Crippen LogP contribution in [0.1, 0.15) is 5.56 Å². The van der Waals surface area contributed by atoms with Gasteiger partial charge in [-0.25, -0.2) is 0 Å². The molecule has 13 heavy (non-hydrogen) atoms. The summed E-state index contributed by atoms with van der Waals surface area (Å²) in [7, 11) is 1.99. The van der Waals surface area contributed by atoms with Crippen LogP contribution >= 0.6 is 0 Å². The van der Waals surface area contributed by atoms with E-state index in [4.69, 9.17) is 4.74 Å². The van der Waals surface area contributed by atoms with Crippen molar-refractivity contribution < 1.29 is 4.74 Å². The molecule has 0 amide bonds. The number of para-hydroxylation sites is 1. The Balaban J connectivity index is 2.11. The summed E-state index contributed by atoms with van der Waals surface area (Å²) in [6.45, 7) is 1.88. The van der Waals surface area contributed by atoms with E-state index in [0.29, 0.717) is 5.92 Å². The van der Waals surface area contributed by atoms with Crippen LogP contribution in [-0.4, -0.2) is 20.2 Å². The van der Waals surface area contributed by atoms with Gasteiger partial charge >= 0.3 is 0 Å². The summed E-state index contributed by atoms with van der Waals surface area (Å²) < 4.78 is 5.65. The topological polar surface area (TPSA) is 21.3 Å². The van der Waals surface area contributed by atoms with E-state index in [1.807, 2.05) is 19.2 Å². The van der Waals surface area contributed by atoms with Crippen LogP contribution in [0.3, 0.4) is 0 Å². The molecular formula is C11H15NO. The Bertz CT molecular complexity index is 285. The lowest BCUT2D eigenvalue weighted by Crippen LogP contribution is -2.29. The predicted octanol–water partition coefficient (Wildman–Crippen LogP) is 1.46. The molecule has 0 aromatic heterocycles. The van der Waals surface area contributed by atoms with E-state index in [2.05, 4.69) is 17.4 Å². The molecule has 0 saturated carbocycles. The minimum absolute atomic E-state index is 0.625. The number of nitrogens with one attached hydrogen (secondary N) is 1. The molecule has 0 bridgehead atoms. The molecule has 1 aromatic rings. The van der Waals surface area contributed by atoms with E-state index >= 15 is 0 Å². The van der Waals surface area contributed by atoms with Crippen molar-refractivity contribution in [3.63, 3.8) is 0 Å². The summed E-state index contributed by atoms with van der Waals surface area (Å²) in [6, 6.07) is 8.29. The van der Waals surface area contributed by atoms with Crippen LogP contribution in [-0.2, 0) is 6.42 Å². The van der Waals surface area contributed by atoms with E-state index < -0.39 is 0 Å². The number of hydrogen-bond acceptors (Lipinski definition) is 2. The highest BCUT2D eigenvalue weighted by atomic mass is 16.5. The van der Waals surface area contributed by atoms with Crippen LogP contribution in [0.2, 0.25) is 0 Å². The predicted molar refractivity (Wildman–Crippen MR) is 53.1 cm³/mol. The van der Waals surface area contributed by atoms with Crippen molar-refractivity contribution in [1.82, 2.24) is 5.32 Å². The van der Waals surface area contributed by atoms with Crippen LogP contribution in [0.25, 0.3) is 0 Å². The second kappa shape index (κ2) is 3.79. The highest BCUT2D eigenvalue weighted by Gasteiger charge is 2.18. The van der Waals surface area contributed by atoms with E-state index in [1.54, 1.807) is 0 Å². The van der Waals surface area contributed by atoms with Crippen molar-refractivity contribution in [1.29, 1.82) is 0 Å². The van der Waals surface area contributed by atoms with E-state index in [0.717, 1.165) is 25.3 Å². The molecular weight excluding hydrogens is 162 g/mol. The van der Waals surface area contributed by atoms with Gasteiger partial charge in [-0.3, -0.25) is 0 Å². The number of ether oxygens (including phenoxy) is 1. The first kappa shape index (κ1) is 8.57. The van der Waals surface area contributed by atoms with Gasteiger partial charge in [0.2, 0.25) is 0 Å². The Hall–Kier alpha value is -1.02.